The van der Waals surface area contributed by atoms with E-state index >= 15 is 0 Å². The van der Waals surface area contributed by atoms with E-state index in [9.17, 15) is 4.79 Å². The fourth-order valence-electron chi connectivity index (χ4n) is 1.28. The summed E-state index contributed by atoms with van der Waals surface area (Å²) in [5.41, 5.74) is 6.46. The Balaban J connectivity index is 2.60. The number of nitrogens with two attached hydrogens (primary N) is 1. The lowest BCUT2D eigenvalue weighted by Gasteiger charge is -2.20. The van der Waals surface area contributed by atoms with Gasteiger partial charge in [0.25, 0.3) is 0 Å². The van der Waals surface area contributed by atoms with Crippen LogP contribution in [0.25, 0.3) is 0 Å². The maximum absolute atomic E-state index is 11.8. The highest BCUT2D eigenvalue weighted by Crippen LogP contribution is 2.10. The molecule has 16 heavy (non-hydrogen) atoms. The van der Waals surface area contributed by atoms with E-state index in [1.54, 1.807) is 30.2 Å². The topological polar surface area (TPSA) is 78.9 Å². The number of carbonyl (C=O) groups excluding carboxylic acids is 1. The van der Waals surface area contributed by atoms with Crippen molar-refractivity contribution in [1.29, 1.82) is 0 Å². The quantitative estimate of drug-likeness (QED) is 0.358. The summed E-state index contributed by atoms with van der Waals surface area (Å²) in [7, 11) is 1.70. The Bertz CT molecular complexity index is 375. The fourth-order valence-corrected chi connectivity index (χ4v) is 1.94. The molecule has 0 fully saturated rings. The van der Waals surface area contributed by atoms with Crippen molar-refractivity contribution in [3.8, 4) is 0 Å². The first-order chi connectivity index (χ1) is 7.56. The maximum atomic E-state index is 11.8. The summed E-state index contributed by atoms with van der Waals surface area (Å²) < 4.78 is 0. The molecule has 1 amide bonds. The van der Waals surface area contributed by atoms with Gasteiger partial charge >= 0.3 is 0 Å². The van der Waals surface area contributed by atoms with Crippen LogP contribution in [0.15, 0.2) is 22.0 Å². The van der Waals surface area contributed by atoms with Gasteiger partial charge in [0.2, 0.25) is 5.91 Å². The van der Waals surface area contributed by atoms with Gasteiger partial charge in [0.15, 0.2) is 5.84 Å². The molecular formula is C10H15N3O2S. The third-order valence-electron chi connectivity index (χ3n) is 2.31. The third-order valence-corrected chi connectivity index (χ3v) is 3.04. The first-order valence-corrected chi connectivity index (χ1v) is 5.74. The molecule has 0 aliphatic carbocycles. The highest BCUT2D eigenvalue weighted by Gasteiger charge is 2.21. The van der Waals surface area contributed by atoms with Crippen LogP contribution in [0.3, 0.4) is 0 Å². The van der Waals surface area contributed by atoms with Gasteiger partial charge in [-0.05, 0) is 29.3 Å². The van der Waals surface area contributed by atoms with Crippen molar-refractivity contribution in [3.05, 3.63) is 22.4 Å². The molecule has 88 valence electrons. The van der Waals surface area contributed by atoms with Gasteiger partial charge in [-0.2, -0.15) is 11.3 Å². The molecular weight excluding hydrogens is 226 g/mol. The van der Waals surface area contributed by atoms with E-state index in [1.165, 1.54) is 0 Å². The Hall–Kier alpha value is -1.56. The first kappa shape index (κ1) is 12.5. The summed E-state index contributed by atoms with van der Waals surface area (Å²) in [6.45, 7) is 2.15. The first-order valence-electron chi connectivity index (χ1n) is 4.79. The summed E-state index contributed by atoms with van der Waals surface area (Å²) in [5, 5.41) is 15.3. The van der Waals surface area contributed by atoms with Crippen molar-refractivity contribution in [2.24, 2.45) is 16.8 Å². The van der Waals surface area contributed by atoms with Crippen LogP contribution >= 0.6 is 11.3 Å². The van der Waals surface area contributed by atoms with Crippen molar-refractivity contribution in [3.63, 3.8) is 0 Å². The molecule has 0 spiro atoms. The molecule has 0 aliphatic rings. The lowest BCUT2D eigenvalue weighted by atomic mass is 10.1. The van der Waals surface area contributed by atoms with Crippen molar-refractivity contribution in [1.82, 2.24) is 4.90 Å². The highest BCUT2D eigenvalue weighted by atomic mass is 32.1. The van der Waals surface area contributed by atoms with Gasteiger partial charge < -0.3 is 15.8 Å². The number of nitrogens with zero attached hydrogens (tertiary/aromatic N) is 2. The molecule has 0 bridgehead atoms. The van der Waals surface area contributed by atoms with Crippen LogP contribution in [0.4, 0.5) is 0 Å². The van der Waals surface area contributed by atoms with E-state index in [0.717, 1.165) is 5.56 Å². The van der Waals surface area contributed by atoms with Crippen molar-refractivity contribution in [2.75, 3.05) is 7.05 Å². The number of carbonyl (C=O) groups is 1. The molecule has 0 saturated carbocycles. The molecule has 3 N–H and O–H groups in total. The number of hydrogen-bond acceptors (Lipinski definition) is 4. The monoisotopic (exact) mass is 241 g/mol. The minimum absolute atomic E-state index is 0.0674. The SMILES string of the molecule is CC(C(=O)N(C)Cc1ccsc1)C(N)=NO. The zero-order chi connectivity index (χ0) is 12.1. The standard InChI is InChI=1S/C10H15N3O2S/c1-7(9(11)12-15)10(14)13(2)5-8-3-4-16-6-8/h3-4,6-7,15H,5H2,1-2H3,(H2,11,12). The number of hydrogen-bond donors (Lipinski definition) is 2. The van der Waals surface area contributed by atoms with Crippen molar-refractivity contribution < 1.29 is 10.0 Å². The van der Waals surface area contributed by atoms with Crippen LogP contribution in [0.1, 0.15) is 12.5 Å². The number of rotatable bonds is 4. The van der Waals surface area contributed by atoms with E-state index < -0.39 is 5.92 Å². The van der Waals surface area contributed by atoms with Crippen molar-refractivity contribution in [2.45, 2.75) is 13.5 Å². The molecule has 1 aromatic rings. The van der Waals surface area contributed by atoms with Gasteiger partial charge in [-0.25, -0.2) is 0 Å². The van der Waals surface area contributed by atoms with Crippen molar-refractivity contribution >= 4 is 23.1 Å². The predicted octanol–water partition coefficient (Wildman–Crippen LogP) is 1.09. The molecule has 5 nitrogen and oxygen atoms in total. The Morgan fingerprint density at radius 3 is 2.94 bits per heavy atom. The lowest BCUT2D eigenvalue weighted by Crippen LogP contribution is -2.38. The van der Waals surface area contributed by atoms with E-state index in [0.29, 0.717) is 6.54 Å². The van der Waals surface area contributed by atoms with Crippen LogP contribution in [0.2, 0.25) is 0 Å². The summed E-state index contributed by atoms with van der Waals surface area (Å²) in [4.78, 5) is 13.4. The second kappa shape index (κ2) is 5.50. The molecule has 6 heteroatoms. The Morgan fingerprint density at radius 2 is 2.44 bits per heavy atom. The maximum Gasteiger partial charge on any atom is 0.233 e. The second-order valence-electron chi connectivity index (χ2n) is 3.57. The lowest BCUT2D eigenvalue weighted by molar-refractivity contribution is -0.132. The van der Waals surface area contributed by atoms with E-state index in [1.807, 2.05) is 16.8 Å². The fraction of sp³-hybridized carbons (Fsp3) is 0.400. The van der Waals surface area contributed by atoms with Gasteiger partial charge in [0.05, 0.1) is 5.92 Å². The number of oxime groups is 1. The number of amidine groups is 1. The summed E-state index contributed by atoms with van der Waals surface area (Å²) in [6.07, 6.45) is 0. The summed E-state index contributed by atoms with van der Waals surface area (Å²) in [5.74, 6) is -0.836. The largest absolute Gasteiger partial charge is 0.409 e. The molecule has 0 radical (unpaired) electrons. The molecule has 1 heterocycles. The Labute approximate surface area is 98.2 Å². The van der Waals surface area contributed by atoms with E-state index in [4.69, 9.17) is 10.9 Å². The molecule has 0 saturated heterocycles. The van der Waals surface area contributed by atoms with Gasteiger partial charge in [0.1, 0.15) is 0 Å². The summed E-state index contributed by atoms with van der Waals surface area (Å²) in [6, 6.07) is 1.96. The predicted molar refractivity (Wildman–Crippen MR) is 63.4 cm³/mol. The Morgan fingerprint density at radius 1 is 1.75 bits per heavy atom. The molecule has 1 rings (SSSR count). The average molecular weight is 241 g/mol. The van der Waals surface area contributed by atoms with Gasteiger partial charge in [-0.3, -0.25) is 4.79 Å². The normalized spacial score (nSPS) is 13.5. The van der Waals surface area contributed by atoms with Gasteiger partial charge in [0, 0.05) is 13.6 Å². The third kappa shape index (κ3) is 2.96. The molecule has 0 aliphatic heterocycles. The smallest absolute Gasteiger partial charge is 0.233 e. The number of thiophene rings is 1. The minimum Gasteiger partial charge on any atom is -0.409 e. The van der Waals surface area contributed by atoms with Crippen LogP contribution in [0, 0.1) is 5.92 Å². The van der Waals surface area contributed by atoms with Crippen LogP contribution in [-0.2, 0) is 11.3 Å². The van der Waals surface area contributed by atoms with Crippen LogP contribution in [-0.4, -0.2) is 28.9 Å². The second-order valence-corrected chi connectivity index (χ2v) is 4.35. The van der Waals surface area contributed by atoms with E-state index in [-0.39, 0.29) is 11.7 Å². The average Bonchev–Trinajstić information content (AvgIpc) is 2.78. The zero-order valence-corrected chi connectivity index (χ0v) is 10.1. The molecule has 1 atom stereocenters. The zero-order valence-electron chi connectivity index (χ0n) is 9.25. The van der Waals surface area contributed by atoms with Crippen LogP contribution < -0.4 is 5.73 Å². The van der Waals surface area contributed by atoms with Gasteiger partial charge in [-0.15, -0.1) is 0 Å². The highest BCUT2D eigenvalue weighted by molar-refractivity contribution is 7.07. The number of amides is 1. The van der Waals surface area contributed by atoms with Crippen LogP contribution in [0.5, 0.6) is 0 Å². The molecule has 0 aromatic carbocycles. The van der Waals surface area contributed by atoms with E-state index in [2.05, 4.69) is 5.16 Å². The molecule has 1 aromatic heterocycles. The Kier molecular flexibility index (Phi) is 4.30. The molecule has 1 unspecified atom stereocenters. The summed E-state index contributed by atoms with van der Waals surface area (Å²) >= 11 is 1.59. The van der Waals surface area contributed by atoms with Gasteiger partial charge in [-0.1, -0.05) is 5.16 Å². The minimum atomic E-state index is -0.603.